The van der Waals surface area contributed by atoms with E-state index in [2.05, 4.69) is 5.32 Å². The lowest BCUT2D eigenvalue weighted by atomic mass is 10.1. The minimum absolute atomic E-state index is 0.0845. The van der Waals surface area contributed by atoms with Gasteiger partial charge in [-0.2, -0.15) is 0 Å². The average molecular weight is 296 g/mol. The van der Waals surface area contributed by atoms with E-state index >= 15 is 0 Å². The van der Waals surface area contributed by atoms with Gasteiger partial charge in [0.2, 0.25) is 0 Å². The molecule has 20 heavy (non-hydrogen) atoms. The minimum Gasteiger partial charge on any atom is -0.348 e. The summed E-state index contributed by atoms with van der Waals surface area (Å²) in [7, 11) is 0. The van der Waals surface area contributed by atoms with E-state index in [4.69, 9.17) is 11.6 Å². The molecule has 0 heterocycles. The number of rotatable bonds is 4. The van der Waals surface area contributed by atoms with Crippen LogP contribution in [0.3, 0.4) is 0 Å². The molecule has 0 fully saturated rings. The van der Waals surface area contributed by atoms with Crippen molar-refractivity contribution in [1.82, 2.24) is 5.32 Å². The lowest BCUT2D eigenvalue weighted by molar-refractivity contribution is 0.0950. The van der Waals surface area contributed by atoms with Crippen molar-refractivity contribution in [3.8, 4) is 0 Å². The molecule has 0 saturated heterocycles. The number of carbonyl (C=O) groups excluding carboxylic acids is 1. The zero-order valence-corrected chi connectivity index (χ0v) is 11.3. The van der Waals surface area contributed by atoms with Gasteiger partial charge in [0, 0.05) is 18.0 Å². The first-order valence-electron chi connectivity index (χ1n) is 5.97. The van der Waals surface area contributed by atoms with Gasteiger partial charge in [-0.25, -0.2) is 8.78 Å². The van der Waals surface area contributed by atoms with Gasteiger partial charge >= 0.3 is 0 Å². The van der Waals surface area contributed by atoms with E-state index in [-0.39, 0.29) is 5.56 Å². The largest absolute Gasteiger partial charge is 0.348 e. The summed E-state index contributed by atoms with van der Waals surface area (Å²) >= 11 is 5.68. The highest BCUT2D eigenvalue weighted by molar-refractivity contribution is 6.17. The molecule has 0 atom stereocenters. The third-order valence-electron chi connectivity index (χ3n) is 2.81. The molecule has 2 aromatic carbocycles. The Bertz CT molecular complexity index is 614. The molecule has 0 aliphatic heterocycles. The fraction of sp³-hybridized carbons (Fsp3) is 0.133. The second-order valence-corrected chi connectivity index (χ2v) is 4.53. The van der Waals surface area contributed by atoms with Crippen LogP contribution < -0.4 is 5.32 Å². The highest BCUT2D eigenvalue weighted by atomic mass is 35.5. The van der Waals surface area contributed by atoms with Crippen molar-refractivity contribution in [3.05, 3.63) is 70.8 Å². The number of amides is 1. The minimum atomic E-state index is -1.04. The number of hydrogen-bond donors (Lipinski definition) is 1. The van der Waals surface area contributed by atoms with Crippen LogP contribution in [-0.4, -0.2) is 5.91 Å². The summed E-state index contributed by atoms with van der Waals surface area (Å²) in [5.74, 6) is -2.03. The predicted octanol–water partition coefficient (Wildman–Crippen LogP) is 3.63. The summed E-state index contributed by atoms with van der Waals surface area (Å²) in [4.78, 5) is 11.8. The summed E-state index contributed by atoms with van der Waals surface area (Å²) in [6.45, 7) is 0.306. The first-order valence-corrected chi connectivity index (χ1v) is 6.50. The fourth-order valence-electron chi connectivity index (χ4n) is 1.67. The molecule has 104 valence electrons. The summed E-state index contributed by atoms with van der Waals surface area (Å²) in [5.41, 5.74) is 1.97. The van der Waals surface area contributed by atoms with Crippen LogP contribution in [0.15, 0.2) is 42.5 Å². The van der Waals surface area contributed by atoms with Gasteiger partial charge in [0.25, 0.3) is 5.91 Å². The number of halogens is 3. The molecule has 2 nitrogen and oxygen atoms in total. The standard InChI is InChI=1S/C15H12ClF2NO/c16-8-10-1-3-11(4-2-10)9-19-15(20)12-5-6-13(17)14(18)7-12/h1-7H,8-9H2,(H,19,20). The molecule has 2 aromatic rings. The van der Waals surface area contributed by atoms with Gasteiger partial charge in [0.15, 0.2) is 11.6 Å². The van der Waals surface area contributed by atoms with Crippen molar-refractivity contribution in [2.75, 3.05) is 0 Å². The molecule has 0 aliphatic carbocycles. The maximum atomic E-state index is 13.0. The van der Waals surface area contributed by atoms with Crippen LogP contribution in [-0.2, 0) is 12.4 Å². The lowest BCUT2D eigenvalue weighted by Crippen LogP contribution is -2.23. The smallest absolute Gasteiger partial charge is 0.251 e. The summed E-state index contributed by atoms with van der Waals surface area (Å²) in [6, 6.07) is 10.5. The van der Waals surface area contributed by atoms with Crippen molar-refractivity contribution < 1.29 is 13.6 Å². The van der Waals surface area contributed by atoms with Crippen molar-refractivity contribution in [2.24, 2.45) is 0 Å². The molecule has 0 aliphatic rings. The molecule has 0 unspecified atom stereocenters. The lowest BCUT2D eigenvalue weighted by Gasteiger charge is -2.06. The SMILES string of the molecule is O=C(NCc1ccc(CCl)cc1)c1ccc(F)c(F)c1. The predicted molar refractivity (Wildman–Crippen MR) is 73.5 cm³/mol. The maximum absolute atomic E-state index is 13.0. The Kier molecular flexibility index (Phi) is 4.69. The third kappa shape index (κ3) is 3.54. The Hall–Kier alpha value is -1.94. The molecular weight excluding hydrogens is 284 g/mol. The van der Waals surface area contributed by atoms with E-state index in [0.29, 0.717) is 12.4 Å². The first kappa shape index (κ1) is 14.5. The molecule has 5 heteroatoms. The zero-order valence-electron chi connectivity index (χ0n) is 10.5. The molecule has 1 amide bonds. The second-order valence-electron chi connectivity index (χ2n) is 4.26. The Balaban J connectivity index is 1.98. The Labute approximate surface area is 120 Å². The molecule has 0 bridgehead atoms. The van der Waals surface area contributed by atoms with Crippen LogP contribution in [0, 0.1) is 11.6 Å². The van der Waals surface area contributed by atoms with Gasteiger partial charge in [0.1, 0.15) is 0 Å². The quantitative estimate of drug-likeness (QED) is 0.857. The van der Waals surface area contributed by atoms with Crippen molar-refractivity contribution >= 4 is 17.5 Å². The van der Waals surface area contributed by atoms with E-state index in [1.54, 1.807) is 0 Å². The van der Waals surface area contributed by atoms with Crippen LogP contribution in [0.2, 0.25) is 0 Å². The van der Waals surface area contributed by atoms with Crippen LogP contribution in [0.4, 0.5) is 8.78 Å². The number of benzene rings is 2. The molecule has 2 rings (SSSR count). The van der Waals surface area contributed by atoms with Crippen molar-refractivity contribution in [1.29, 1.82) is 0 Å². The Morgan fingerprint density at radius 2 is 1.65 bits per heavy atom. The van der Waals surface area contributed by atoms with Crippen LogP contribution >= 0.6 is 11.6 Å². The Morgan fingerprint density at radius 3 is 2.25 bits per heavy atom. The Morgan fingerprint density at radius 1 is 1.00 bits per heavy atom. The average Bonchev–Trinajstić information content (AvgIpc) is 2.48. The van der Waals surface area contributed by atoms with E-state index in [9.17, 15) is 13.6 Å². The normalized spacial score (nSPS) is 10.3. The van der Waals surface area contributed by atoms with Gasteiger partial charge in [-0.3, -0.25) is 4.79 Å². The van der Waals surface area contributed by atoms with Gasteiger partial charge < -0.3 is 5.32 Å². The first-order chi connectivity index (χ1) is 9.60. The molecular formula is C15H12ClF2NO. The van der Waals surface area contributed by atoms with Crippen molar-refractivity contribution in [3.63, 3.8) is 0 Å². The van der Waals surface area contributed by atoms with Crippen LogP contribution in [0.1, 0.15) is 21.5 Å². The van der Waals surface area contributed by atoms with E-state index in [1.807, 2.05) is 24.3 Å². The van der Waals surface area contributed by atoms with Gasteiger partial charge in [-0.1, -0.05) is 24.3 Å². The molecule has 0 aromatic heterocycles. The van der Waals surface area contributed by atoms with Gasteiger partial charge in [0.05, 0.1) is 0 Å². The van der Waals surface area contributed by atoms with Crippen LogP contribution in [0.5, 0.6) is 0 Å². The summed E-state index contributed by atoms with van der Waals surface area (Å²) in [5, 5.41) is 2.64. The number of nitrogens with one attached hydrogen (secondary N) is 1. The highest BCUT2D eigenvalue weighted by Gasteiger charge is 2.09. The number of hydrogen-bond acceptors (Lipinski definition) is 1. The molecule has 1 N–H and O–H groups in total. The van der Waals surface area contributed by atoms with E-state index in [0.717, 1.165) is 23.3 Å². The highest BCUT2D eigenvalue weighted by Crippen LogP contribution is 2.10. The zero-order chi connectivity index (χ0) is 14.5. The van der Waals surface area contributed by atoms with Crippen LogP contribution in [0.25, 0.3) is 0 Å². The van der Waals surface area contributed by atoms with E-state index < -0.39 is 17.5 Å². The second kappa shape index (κ2) is 6.48. The van der Waals surface area contributed by atoms with Crippen molar-refractivity contribution in [2.45, 2.75) is 12.4 Å². The summed E-state index contributed by atoms with van der Waals surface area (Å²) in [6.07, 6.45) is 0. The van der Waals surface area contributed by atoms with E-state index in [1.165, 1.54) is 6.07 Å². The molecule has 0 spiro atoms. The van der Waals surface area contributed by atoms with Gasteiger partial charge in [-0.05, 0) is 29.3 Å². The maximum Gasteiger partial charge on any atom is 0.251 e. The monoisotopic (exact) mass is 295 g/mol. The fourth-order valence-corrected chi connectivity index (χ4v) is 1.85. The van der Waals surface area contributed by atoms with Gasteiger partial charge in [-0.15, -0.1) is 11.6 Å². The number of carbonyl (C=O) groups is 1. The third-order valence-corrected chi connectivity index (χ3v) is 3.12. The topological polar surface area (TPSA) is 29.1 Å². The number of alkyl halides is 1. The summed E-state index contributed by atoms with van der Waals surface area (Å²) < 4.78 is 25.8. The molecule has 0 radical (unpaired) electrons. The molecule has 0 saturated carbocycles.